The van der Waals surface area contributed by atoms with Crippen LogP contribution in [0.15, 0.2) is 0 Å². The molecule has 0 aliphatic carbocycles. The van der Waals surface area contributed by atoms with Gasteiger partial charge in [0, 0.05) is 65.8 Å². The van der Waals surface area contributed by atoms with Gasteiger partial charge < -0.3 is 15.7 Å². The van der Waals surface area contributed by atoms with Crippen LogP contribution in [0.3, 0.4) is 0 Å². The van der Waals surface area contributed by atoms with Crippen LogP contribution < -0.4 is 11.1 Å². The van der Waals surface area contributed by atoms with Crippen LogP contribution in [0.4, 0.5) is 0 Å². The van der Waals surface area contributed by atoms with Crippen molar-refractivity contribution in [2.24, 2.45) is 5.73 Å². The molecule has 11 nitrogen and oxygen atoms in total. The largest absolute Gasteiger partial charge is 0.390 e. The van der Waals surface area contributed by atoms with E-state index >= 15 is 0 Å². The number of primary amides is 1. The highest BCUT2D eigenvalue weighted by Crippen LogP contribution is 2.43. The number of hydrogen-bond donors (Lipinski definition) is 3. The number of nitrogens with one attached hydrogen (secondary N) is 1. The Morgan fingerprint density at radius 3 is 2.71 bits per heavy atom. The van der Waals surface area contributed by atoms with Crippen LogP contribution in [0, 0.1) is 6.42 Å². The zero-order valence-electron chi connectivity index (χ0n) is 20.6. The number of fused-ring (bicyclic) bond motifs is 2. The van der Waals surface area contributed by atoms with Gasteiger partial charge in [-0.25, -0.2) is 12.7 Å². The zero-order valence-corrected chi connectivity index (χ0v) is 21.5. The third-order valence-electron chi connectivity index (χ3n) is 7.61. The van der Waals surface area contributed by atoms with E-state index in [-0.39, 0.29) is 36.3 Å². The van der Waals surface area contributed by atoms with Crippen molar-refractivity contribution < 1.29 is 23.1 Å². The number of β-amino-alcohol motifs (C(OH)–C–C–N with tert-alkyl or cyclic N) is 1. The molecule has 1 radical (unpaired) electrons. The summed E-state index contributed by atoms with van der Waals surface area (Å²) in [5, 5.41) is 13.9. The fourth-order valence-corrected chi connectivity index (χ4v) is 6.16. The van der Waals surface area contributed by atoms with E-state index in [0.29, 0.717) is 39.0 Å². The minimum Gasteiger partial charge on any atom is -0.390 e. The molecule has 3 saturated heterocycles. The second-order valence-corrected chi connectivity index (χ2v) is 12.3. The number of piperidine rings is 1. The van der Waals surface area contributed by atoms with Gasteiger partial charge >= 0.3 is 0 Å². The summed E-state index contributed by atoms with van der Waals surface area (Å²) >= 11 is 0. The zero-order chi connectivity index (χ0) is 25.1. The lowest BCUT2D eigenvalue weighted by molar-refractivity contribution is -0.134. The lowest BCUT2D eigenvalue weighted by Crippen LogP contribution is -2.60. The normalized spacial score (nSPS) is 29.0. The Labute approximate surface area is 203 Å². The van der Waals surface area contributed by atoms with Crippen LogP contribution in [0.5, 0.6) is 0 Å². The molecule has 3 heterocycles. The van der Waals surface area contributed by atoms with Gasteiger partial charge in [0.05, 0.1) is 6.10 Å². The van der Waals surface area contributed by atoms with E-state index in [0.717, 1.165) is 25.8 Å². The Balaban J connectivity index is 1.47. The monoisotopic (exact) mass is 501 g/mol. The lowest BCUT2D eigenvalue weighted by Gasteiger charge is -2.43. The fraction of sp³-hybridized carbons (Fsp3) is 0.864. The highest BCUT2D eigenvalue weighted by molar-refractivity contribution is 7.89. The number of sulfonamides is 1. The van der Waals surface area contributed by atoms with Gasteiger partial charge in [-0.05, 0) is 45.1 Å². The van der Waals surface area contributed by atoms with Crippen LogP contribution in [-0.2, 0) is 19.6 Å². The first-order chi connectivity index (χ1) is 15.9. The summed E-state index contributed by atoms with van der Waals surface area (Å²) in [5.41, 5.74) is 5.04. The van der Waals surface area contributed by atoms with Gasteiger partial charge in [-0.2, -0.15) is 0 Å². The van der Waals surface area contributed by atoms with Crippen molar-refractivity contribution in [3.63, 3.8) is 0 Å². The van der Waals surface area contributed by atoms with E-state index in [1.807, 2.05) is 0 Å². The second-order valence-electron chi connectivity index (χ2n) is 10.1. The summed E-state index contributed by atoms with van der Waals surface area (Å²) in [4.78, 5) is 30.4. The van der Waals surface area contributed by atoms with Crippen molar-refractivity contribution in [3.8, 4) is 0 Å². The molecule has 195 valence electrons. The average Bonchev–Trinajstić information content (AvgIpc) is 3.28. The van der Waals surface area contributed by atoms with Crippen molar-refractivity contribution in [1.29, 1.82) is 0 Å². The second kappa shape index (κ2) is 11.2. The summed E-state index contributed by atoms with van der Waals surface area (Å²) in [7, 11) is -0.253. The number of carbonyl (C=O) groups excluding carboxylic acids is 2. The SMILES string of the molecule is CC(=O)N(CCN1CCC(NCS(=O)(=O)N(C)C)C1)CC(O)CN1[C@@H]2C[CH]C[C@@]1(C(N)=O)CC2. The molecule has 34 heavy (non-hydrogen) atoms. The highest BCUT2D eigenvalue weighted by Gasteiger charge is 2.53. The first kappa shape index (κ1) is 27.3. The smallest absolute Gasteiger partial charge is 0.237 e. The molecule has 2 bridgehead atoms. The average molecular weight is 502 g/mol. The summed E-state index contributed by atoms with van der Waals surface area (Å²) in [6.45, 7) is 4.68. The Bertz CT molecular complexity index is 836. The van der Waals surface area contributed by atoms with E-state index in [1.54, 1.807) is 4.90 Å². The molecule has 3 aliphatic heterocycles. The third-order valence-corrected chi connectivity index (χ3v) is 9.26. The van der Waals surface area contributed by atoms with Crippen LogP contribution >= 0.6 is 0 Å². The minimum atomic E-state index is -3.29. The maximum absolute atomic E-state index is 12.2. The standard InChI is InChI=1S/C22H41N6O5S/c1-17(29)27(12-11-26-10-7-18(13-26)24-16-34(32,33)25(2)3)14-20(30)15-28-19-5-4-8-22(28,9-6-19)21(23)31/h4,18-20,24,30H,5-16H2,1-3H3,(H2,23,31)/t18?,19-,20?,22+/m1/s1. The number of nitrogens with two attached hydrogens (primary N) is 1. The van der Waals surface area contributed by atoms with Crippen LogP contribution in [0.1, 0.15) is 39.0 Å². The van der Waals surface area contributed by atoms with Crippen molar-refractivity contribution in [2.75, 3.05) is 59.2 Å². The molecule has 3 fully saturated rings. The molecule has 0 aromatic heterocycles. The molecule has 12 heteroatoms. The van der Waals surface area contributed by atoms with Crippen LogP contribution in [-0.4, -0.2) is 127 Å². The van der Waals surface area contributed by atoms with Gasteiger partial charge in [0.25, 0.3) is 0 Å². The van der Waals surface area contributed by atoms with Crippen molar-refractivity contribution in [1.82, 2.24) is 24.3 Å². The van der Waals surface area contributed by atoms with Gasteiger partial charge in [0.2, 0.25) is 21.8 Å². The fourth-order valence-electron chi connectivity index (χ4n) is 5.46. The van der Waals surface area contributed by atoms with E-state index < -0.39 is 21.7 Å². The number of aliphatic hydroxyl groups is 1. The molecule has 0 spiro atoms. The topological polar surface area (TPSA) is 140 Å². The van der Waals surface area contributed by atoms with E-state index in [2.05, 4.69) is 21.5 Å². The molecule has 3 rings (SSSR count). The van der Waals surface area contributed by atoms with Crippen molar-refractivity contribution >= 4 is 21.8 Å². The summed E-state index contributed by atoms with van der Waals surface area (Å²) in [6, 6.07) is 0.300. The van der Waals surface area contributed by atoms with Crippen molar-refractivity contribution in [2.45, 2.75) is 62.8 Å². The van der Waals surface area contributed by atoms with Crippen LogP contribution in [0.25, 0.3) is 0 Å². The minimum absolute atomic E-state index is 0.0856. The van der Waals surface area contributed by atoms with E-state index in [9.17, 15) is 23.1 Å². The molecule has 3 aliphatic rings. The summed E-state index contributed by atoms with van der Waals surface area (Å²) in [5.74, 6) is -0.534. The molecule has 0 saturated carbocycles. The van der Waals surface area contributed by atoms with Gasteiger partial charge in [-0.1, -0.05) is 0 Å². The predicted octanol–water partition coefficient (Wildman–Crippen LogP) is -1.60. The number of aliphatic hydroxyl groups excluding tert-OH is 1. The van der Waals surface area contributed by atoms with Gasteiger partial charge in [-0.15, -0.1) is 0 Å². The van der Waals surface area contributed by atoms with E-state index in [4.69, 9.17) is 5.73 Å². The van der Waals surface area contributed by atoms with Gasteiger partial charge in [0.1, 0.15) is 11.4 Å². The Hall–Kier alpha value is -1.31. The number of amides is 2. The molecule has 2 amide bonds. The molecular formula is C22H41N6O5S. The number of likely N-dealkylation sites (tertiary alicyclic amines) is 1. The van der Waals surface area contributed by atoms with Gasteiger partial charge in [-0.3, -0.25) is 24.7 Å². The molecule has 0 aromatic carbocycles. The molecule has 0 aromatic rings. The quantitative estimate of drug-likeness (QED) is 0.290. The van der Waals surface area contributed by atoms with Gasteiger partial charge in [0.15, 0.2) is 0 Å². The number of carbonyl (C=O) groups is 2. The maximum atomic E-state index is 12.2. The van der Waals surface area contributed by atoms with E-state index in [1.165, 1.54) is 25.3 Å². The number of rotatable bonds is 12. The Kier molecular flexibility index (Phi) is 8.96. The number of hydrogen-bond acceptors (Lipinski definition) is 8. The van der Waals surface area contributed by atoms with Crippen LogP contribution in [0.2, 0.25) is 0 Å². The molecule has 4 N–H and O–H groups in total. The molecule has 4 atom stereocenters. The third kappa shape index (κ3) is 6.27. The molecular weight excluding hydrogens is 460 g/mol. The Morgan fingerprint density at radius 2 is 2.06 bits per heavy atom. The Morgan fingerprint density at radius 1 is 1.32 bits per heavy atom. The predicted molar refractivity (Wildman–Crippen MR) is 129 cm³/mol. The highest BCUT2D eigenvalue weighted by atomic mass is 32.2. The summed E-state index contributed by atoms with van der Waals surface area (Å²) in [6.07, 6.45) is 5.30. The first-order valence-electron chi connectivity index (χ1n) is 12.1. The summed E-state index contributed by atoms with van der Waals surface area (Å²) < 4.78 is 25.1. The number of nitrogens with zero attached hydrogens (tertiary/aromatic N) is 4. The first-order valence-corrected chi connectivity index (χ1v) is 13.7. The molecule has 2 unspecified atom stereocenters. The maximum Gasteiger partial charge on any atom is 0.237 e. The lowest BCUT2D eigenvalue weighted by atomic mass is 9.87. The van der Waals surface area contributed by atoms with Crippen molar-refractivity contribution in [3.05, 3.63) is 6.42 Å².